The number of esters is 1. The molecule has 44 heavy (non-hydrogen) atoms. The number of fused-ring (bicyclic) bond motifs is 1. The van der Waals surface area contributed by atoms with Crippen LogP contribution < -0.4 is 0 Å². The molecule has 236 valence electrons. The molecule has 3 aliphatic carbocycles. The maximum absolute atomic E-state index is 11.9. The molecular formula is C41H54O3. The van der Waals surface area contributed by atoms with Gasteiger partial charge in [0.1, 0.15) is 0 Å². The van der Waals surface area contributed by atoms with Crippen LogP contribution in [0, 0.1) is 23.7 Å². The molecule has 2 aromatic rings. The van der Waals surface area contributed by atoms with Crippen molar-refractivity contribution in [1.82, 2.24) is 0 Å². The summed E-state index contributed by atoms with van der Waals surface area (Å²) < 4.78 is 5.46. The number of aliphatic hydroxyl groups is 1. The topological polar surface area (TPSA) is 46.5 Å². The summed E-state index contributed by atoms with van der Waals surface area (Å²) in [5.74, 6) is 2.55. The fraction of sp³-hybridized carbons (Fsp3) is 0.537. The summed E-state index contributed by atoms with van der Waals surface area (Å²) in [5.41, 5.74) is 9.25. The smallest absolute Gasteiger partial charge is 0.333 e. The molecule has 3 atom stereocenters. The van der Waals surface area contributed by atoms with Crippen LogP contribution >= 0.6 is 0 Å². The number of rotatable bonds is 13. The highest BCUT2D eigenvalue weighted by atomic mass is 16.5. The molecule has 0 heterocycles. The van der Waals surface area contributed by atoms with Gasteiger partial charge in [-0.15, -0.1) is 0 Å². The predicted molar refractivity (Wildman–Crippen MR) is 183 cm³/mol. The minimum atomic E-state index is -0.319. The van der Waals surface area contributed by atoms with Crippen molar-refractivity contribution in [2.24, 2.45) is 23.7 Å². The first-order valence-corrected chi connectivity index (χ1v) is 17.5. The standard InChI is InChI=1S/C41H54O3/c1-4-5-30-8-14-33(15-9-30)36-20-22-39-27-37(21-23-38(39)26-36)34-16-10-31(11-17-34)6-7-32-12-18-35(19-13-32)40(24-25-42)28-44-41(43)29(2)3/h8,10-11,14-17,20,22,26,30,32,35,37,40,42H,2,4-7,9,12-13,18-19,21,23-25,27-28H2,1,3H3. The van der Waals surface area contributed by atoms with E-state index in [-0.39, 0.29) is 18.5 Å². The molecule has 3 nitrogen and oxygen atoms in total. The normalized spacial score (nSPS) is 23.8. The van der Waals surface area contributed by atoms with Gasteiger partial charge in [0.15, 0.2) is 0 Å². The summed E-state index contributed by atoms with van der Waals surface area (Å²) in [7, 11) is 0. The third-order valence-electron chi connectivity index (χ3n) is 10.7. The van der Waals surface area contributed by atoms with Gasteiger partial charge in [0.25, 0.3) is 0 Å². The van der Waals surface area contributed by atoms with Crippen LogP contribution in [-0.4, -0.2) is 24.3 Å². The van der Waals surface area contributed by atoms with E-state index in [9.17, 15) is 9.90 Å². The second kappa shape index (κ2) is 15.9. The van der Waals surface area contributed by atoms with Gasteiger partial charge in [0.2, 0.25) is 0 Å². The van der Waals surface area contributed by atoms with E-state index >= 15 is 0 Å². The lowest BCUT2D eigenvalue weighted by Crippen LogP contribution is -2.27. The Kier molecular flexibility index (Phi) is 11.7. The number of allylic oxidation sites excluding steroid dienone is 4. The molecule has 0 amide bonds. The van der Waals surface area contributed by atoms with Crippen molar-refractivity contribution in [2.45, 2.75) is 103 Å². The number of hydrogen-bond acceptors (Lipinski definition) is 3. The third kappa shape index (κ3) is 8.62. The van der Waals surface area contributed by atoms with Crippen molar-refractivity contribution < 1.29 is 14.6 Å². The molecule has 3 heteroatoms. The van der Waals surface area contributed by atoms with Gasteiger partial charge in [0, 0.05) is 12.2 Å². The number of aryl methyl sites for hydroxylation is 2. The van der Waals surface area contributed by atoms with E-state index in [1.54, 1.807) is 12.5 Å². The van der Waals surface area contributed by atoms with Gasteiger partial charge in [-0.25, -0.2) is 4.79 Å². The zero-order chi connectivity index (χ0) is 30.9. The van der Waals surface area contributed by atoms with Crippen molar-refractivity contribution in [3.05, 3.63) is 101 Å². The van der Waals surface area contributed by atoms with Crippen LogP contribution in [0.4, 0.5) is 0 Å². The molecule has 3 aliphatic rings. The SMILES string of the molecule is C=C(C)C(=O)OCC(CCO)C1CCC(CCc2ccc(C3CCc4cc(C5=CCC(CCC)C=C5)ccc4C3)cc2)CC1. The molecule has 5 rings (SSSR count). The maximum Gasteiger partial charge on any atom is 0.333 e. The van der Waals surface area contributed by atoms with Crippen LogP contribution in [0.5, 0.6) is 0 Å². The van der Waals surface area contributed by atoms with Gasteiger partial charge >= 0.3 is 5.97 Å². The Bertz CT molecular complexity index is 1310. The number of carbonyl (C=O) groups is 1. The molecule has 0 spiro atoms. The summed E-state index contributed by atoms with van der Waals surface area (Å²) in [4.78, 5) is 11.9. The summed E-state index contributed by atoms with van der Waals surface area (Å²) in [6, 6.07) is 16.7. The first-order valence-electron chi connectivity index (χ1n) is 17.5. The molecule has 0 aliphatic heterocycles. The number of aliphatic hydroxyl groups excluding tert-OH is 1. The first-order chi connectivity index (χ1) is 21.4. The van der Waals surface area contributed by atoms with Crippen molar-refractivity contribution in [3.63, 3.8) is 0 Å². The lowest BCUT2D eigenvalue weighted by atomic mass is 9.73. The summed E-state index contributed by atoms with van der Waals surface area (Å²) >= 11 is 0. The zero-order valence-corrected chi connectivity index (χ0v) is 27.2. The lowest BCUT2D eigenvalue weighted by molar-refractivity contribution is -0.141. The Morgan fingerprint density at radius 3 is 2.50 bits per heavy atom. The van der Waals surface area contributed by atoms with Crippen molar-refractivity contribution in [1.29, 1.82) is 0 Å². The molecule has 1 N–H and O–H groups in total. The summed E-state index contributed by atoms with van der Waals surface area (Å²) in [6.07, 6.45) is 22.4. The zero-order valence-electron chi connectivity index (χ0n) is 27.2. The third-order valence-corrected chi connectivity index (χ3v) is 10.7. The van der Waals surface area contributed by atoms with Crippen LogP contribution in [0.1, 0.15) is 112 Å². The molecule has 0 radical (unpaired) electrons. The van der Waals surface area contributed by atoms with Crippen LogP contribution in [0.3, 0.4) is 0 Å². The largest absolute Gasteiger partial charge is 0.462 e. The Labute approximate surface area is 266 Å². The van der Waals surface area contributed by atoms with Gasteiger partial charge in [-0.1, -0.05) is 93.5 Å². The highest BCUT2D eigenvalue weighted by molar-refractivity contribution is 5.86. The van der Waals surface area contributed by atoms with Crippen molar-refractivity contribution in [2.75, 3.05) is 13.2 Å². The Balaban J connectivity index is 1.07. The van der Waals surface area contributed by atoms with E-state index in [1.165, 1.54) is 79.2 Å². The monoisotopic (exact) mass is 594 g/mol. The van der Waals surface area contributed by atoms with E-state index in [0.29, 0.717) is 30.4 Å². The molecule has 2 aromatic carbocycles. The minimum absolute atomic E-state index is 0.148. The van der Waals surface area contributed by atoms with Gasteiger partial charge in [-0.05, 0) is 134 Å². The second-order valence-corrected chi connectivity index (χ2v) is 13.9. The number of hydrogen-bond donors (Lipinski definition) is 1. The molecule has 3 unspecified atom stereocenters. The van der Waals surface area contributed by atoms with E-state index < -0.39 is 0 Å². The molecule has 0 saturated heterocycles. The highest BCUT2D eigenvalue weighted by Crippen LogP contribution is 2.38. The quantitative estimate of drug-likeness (QED) is 0.186. The van der Waals surface area contributed by atoms with Crippen molar-refractivity contribution >= 4 is 11.5 Å². The van der Waals surface area contributed by atoms with Gasteiger partial charge in [-0.3, -0.25) is 0 Å². The Morgan fingerprint density at radius 1 is 1.02 bits per heavy atom. The number of ether oxygens (including phenoxy) is 1. The average Bonchev–Trinajstić information content (AvgIpc) is 3.06. The molecule has 0 bridgehead atoms. The number of benzene rings is 2. The Hall–Kier alpha value is -2.91. The van der Waals surface area contributed by atoms with Crippen LogP contribution in [0.25, 0.3) is 5.57 Å². The minimum Gasteiger partial charge on any atom is -0.462 e. The lowest BCUT2D eigenvalue weighted by Gasteiger charge is -2.33. The molecular weight excluding hydrogens is 540 g/mol. The maximum atomic E-state index is 11.9. The van der Waals surface area contributed by atoms with E-state index in [2.05, 4.69) is 74.2 Å². The van der Waals surface area contributed by atoms with Crippen molar-refractivity contribution in [3.8, 4) is 0 Å². The van der Waals surface area contributed by atoms with E-state index in [4.69, 9.17) is 4.74 Å². The van der Waals surface area contributed by atoms with Gasteiger partial charge < -0.3 is 9.84 Å². The molecule has 1 fully saturated rings. The number of carbonyl (C=O) groups excluding carboxylic acids is 1. The van der Waals surface area contributed by atoms with Crippen LogP contribution in [0.2, 0.25) is 0 Å². The second-order valence-electron chi connectivity index (χ2n) is 13.9. The Morgan fingerprint density at radius 2 is 1.82 bits per heavy atom. The highest BCUT2D eigenvalue weighted by Gasteiger charge is 2.28. The van der Waals surface area contributed by atoms with Crippen LogP contribution in [-0.2, 0) is 28.8 Å². The predicted octanol–water partition coefficient (Wildman–Crippen LogP) is 9.58. The van der Waals surface area contributed by atoms with Crippen LogP contribution in [0.15, 0.2) is 72.8 Å². The fourth-order valence-electron chi connectivity index (χ4n) is 7.89. The van der Waals surface area contributed by atoms with E-state index in [1.807, 2.05) is 0 Å². The van der Waals surface area contributed by atoms with Gasteiger partial charge in [-0.2, -0.15) is 0 Å². The molecule has 0 aromatic heterocycles. The first kappa shape index (κ1) is 32.5. The van der Waals surface area contributed by atoms with Gasteiger partial charge in [0.05, 0.1) is 6.61 Å². The fourth-order valence-corrected chi connectivity index (χ4v) is 7.89. The summed E-state index contributed by atoms with van der Waals surface area (Å²) in [5, 5.41) is 9.56. The summed E-state index contributed by atoms with van der Waals surface area (Å²) in [6.45, 7) is 8.19. The molecule has 1 saturated carbocycles. The van der Waals surface area contributed by atoms with E-state index in [0.717, 1.165) is 37.5 Å². The average molecular weight is 595 g/mol.